The Balaban J connectivity index is 2.58. The highest BCUT2D eigenvalue weighted by Crippen LogP contribution is 2.24. The molecule has 46 heavy (non-hydrogen) atoms. The SMILES string of the molecule is CCCCCCCCCCCC(=O)OC[C@H](CO[C@H]1O[C@H](CS(=O)(=O)O)[C@@H](O)C(O)C1O)OC(=O)CCCCCCCCCCC. The zero-order chi connectivity index (χ0) is 34.2. The van der Waals surface area contributed by atoms with Crippen molar-refractivity contribution in [1.29, 1.82) is 0 Å². The summed E-state index contributed by atoms with van der Waals surface area (Å²) in [5.41, 5.74) is 0. The van der Waals surface area contributed by atoms with Crippen LogP contribution in [0.1, 0.15) is 142 Å². The molecule has 2 unspecified atom stereocenters. The minimum atomic E-state index is -4.59. The van der Waals surface area contributed by atoms with Crippen molar-refractivity contribution in [1.82, 2.24) is 0 Å². The smallest absolute Gasteiger partial charge is 0.306 e. The molecule has 6 atom stereocenters. The lowest BCUT2D eigenvalue weighted by atomic mass is 10.00. The van der Waals surface area contributed by atoms with Gasteiger partial charge in [-0.3, -0.25) is 14.1 Å². The zero-order valence-electron chi connectivity index (χ0n) is 28.2. The largest absolute Gasteiger partial charge is 0.462 e. The van der Waals surface area contributed by atoms with Crippen molar-refractivity contribution in [2.45, 2.75) is 179 Å². The summed E-state index contributed by atoms with van der Waals surface area (Å²) in [4.78, 5) is 25.0. The molecule has 1 aliphatic rings. The predicted octanol–water partition coefficient (Wildman–Crippen LogP) is 5.00. The maximum atomic E-state index is 12.6. The van der Waals surface area contributed by atoms with Crippen LogP contribution >= 0.6 is 0 Å². The van der Waals surface area contributed by atoms with Gasteiger partial charge in [0.1, 0.15) is 36.8 Å². The minimum absolute atomic E-state index is 0.169. The maximum absolute atomic E-state index is 12.6. The molecule has 12 nitrogen and oxygen atoms in total. The van der Waals surface area contributed by atoms with Gasteiger partial charge in [0.15, 0.2) is 12.4 Å². The van der Waals surface area contributed by atoms with Gasteiger partial charge < -0.3 is 34.3 Å². The summed E-state index contributed by atoms with van der Waals surface area (Å²) in [6, 6.07) is 0. The first-order chi connectivity index (χ1) is 22.0. The average Bonchev–Trinajstić information content (AvgIpc) is 3.00. The first-order valence-electron chi connectivity index (χ1n) is 17.6. The summed E-state index contributed by atoms with van der Waals surface area (Å²) in [5.74, 6) is -1.98. The van der Waals surface area contributed by atoms with E-state index in [1.165, 1.54) is 64.2 Å². The fourth-order valence-electron chi connectivity index (χ4n) is 5.38. The van der Waals surface area contributed by atoms with E-state index < -0.39 is 71.2 Å². The lowest BCUT2D eigenvalue weighted by molar-refractivity contribution is -0.297. The van der Waals surface area contributed by atoms with E-state index in [9.17, 15) is 33.3 Å². The molecule has 0 radical (unpaired) electrons. The van der Waals surface area contributed by atoms with Gasteiger partial charge in [-0.15, -0.1) is 0 Å². The maximum Gasteiger partial charge on any atom is 0.306 e. The number of esters is 2. The number of hydrogen-bond acceptors (Lipinski definition) is 11. The summed E-state index contributed by atoms with van der Waals surface area (Å²) in [6.45, 7) is 3.67. The van der Waals surface area contributed by atoms with Gasteiger partial charge in [0, 0.05) is 12.8 Å². The second kappa shape index (κ2) is 25.6. The van der Waals surface area contributed by atoms with Gasteiger partial charge in [-0.2, -0.15) is 8.42 Å². The molecule has 0 aromatic heterocycles. The van der Waals surface area contributed by atoms with Gasteiger partial charge in [-0.05, 0) is 12.8 Å². The molecule has 0 bridgehead atoms. The van der Waals surface area contributed by atoms with Gasteiger partial charge >= 0.3 is 11.9 Å². The van der Waals surface area contributed by atoms with E-state index in [4.69, 9.17) is 23.5 Å². The monoisotopic (exact) mass is 682 g/mol. The molecule has 0 spiro atoms. The van der Waals surface area contributed by atoms with E-state index in [-0.39, 0.29) is 19.4 Å². The summed E-state index contributed by atoms with van der Waals surface area (Å²) in [6.07, 6.45) is 10.5. The van der Waals surface area contributed by atoms with E-state index in [1.54, 1.807) is 0 Å². The fourth-order valence-corrected chi connectivity index (χ4v) is 6.07. The van der Waals surface area contributed by atoms with Crippen molar-refractivity contribution in [2.75, 3.05) is 19.0 Å². The summed E-state index contributed by atoms with van der Waals surface area (Å²) < 4.78 is 53.5. The molecule has 1 aliphatic heterocycles. The summed E-state index contributed by atoms with van der Waals surface area (Å²) in [7, 11) is -4.59. The molecular formula is C33H62O12S. The summed E-state index contributed by atoms with van der Waals surface area (Å²) >= 11 is 0. The van der Waals surface area contributed by atoms with Gasteiger partial charge in [0.25, 0.3) is 10.1 Å². The number of ether oxygens (including phenoxy) is 4. The molecule has 1 rings (SSSR count). The second-order valence-corrected chi connectivity index (χ2v) is 14.0. The number of hydrogen-bond donors (Lipinski definition) is 4. The summed E-state index contributed by atoms with van der Waals surface area (Å²) in [5, 5.41) is 30.6. The Morgan fingerprint density at radius 3 is 1.59 bits per heavy atom. The van der Waals surface area contributed by atoms with Crippen molar-refractivity contribution < 1.29 is 56.8 Å². The Morgan fingerprint density at radius 2 is 1.11 bits per heavy atom. The van der Waals surface area contributed by atoms with Crippen LogP contribution in [0, 0.1) is 0 Å². The van der Waals surface area contributed by atoms with Crippen LogP contribution in [0.15, 0.2) is 0 Å². The number of aliphatic hydroxyl groups is 3. The van der Waals surface area contributed by atoms with Crippen LogP contribution in [-0.4, -0.2) is 96.0 Å². The molecular weight excluding hydrogens is 620 g/mol. The molecule has 0 aromatic rings. The standard InChI is InChI=1S/C33H62O12S/c1-3-5-7-9-11-13-15-17-19-21-28(34)42-23-26(44-29(35)22-20-18-16-14-12-10-8-6-4-2)24-43-33-32(38)31(37)30(36)27(45-33)25-46(39,40)41/h26-27,30-33,36-38H,3-25H2,1-2H3,(H,39,40,41)/t26-,27-,30-,31?,32?,33+/m1/s1. The van der Waals surface area contributed by atoms with Crippen LogP contribution in [0.25, 0.3) is 0 Å². The van der Waals surface area contributed by atoms with E-state index in [0.717, 1.165) is 38.5 Å². The molecule has 1 fully saturated rings. The third-order valence-corrected chi connectivity index (χ3v) is 8.94. The molecule has 0 aliphatic carbocycles. The predicted molar refractivity (Wildman–Crippen MR) is 174 cm³/mol. The van der Waals surface area contributed by atoms with Crippen molar-refractivity contribution in [3.8, 4) is 0 Å². The highest BCUT2D eigenvalue weighted by Gasteiger charge is 2.46. The lowest BCUT2D eigenvalue weighted by Crippen LogP contribution is -2.60. The Hall–Kier alpha value is -1.35. The number of carbonyl (C=O) groups excluding carboxylic acids is 2. The molecule has 1 saturated heterocycles. The number of rotatable bonds is 28. The molecule has 0 saturated carbocycles. The van der Waals surface area contributed by atoms with E-state index in [0.29, 0.717) is 12.8 Å². The van der Waals surface area contributed by atoms with Crippen LogP contribution in [0.2, 0.25) is 0 Å². The van der Waals surface area contributed by atoms with Crippen LogP contribution in [0.4, 0.5) is 0 Å². The Kier molecular flexibility index (Phi) is 23.8. The highest BCUT2D eigenvalue weighted by molar-refractivity contribution is 7.85. The third-order valence-electron chi connectivity index (χ3n) is 8.19. The van der Waals surface area contributed by atoms with Gasteiger partial charge in [-0.1, -0.05) is 117 Å². The van der Waals surface area contributed by atoms with Gasteiger partial charge in [0.2, 0.25) is 0 Å². The van der Waals surface area contributed by atoms with Crippen molar-refractivity contribution >= 4 is 22.1 Å². The molecule has 4 N–H and O–H groups in total. The Labute approximate surface area is 276 Å². The average molecular weight is 683 g/mol. The third kappa shape index (κ3) is 20.8. The molecule has 272 valence electrons. The number of carbonyl (C=O) groups is 2. The van der Waals surface area contributed by atoms with E-state index >= 15 is 0 Å². The Morgan fingerprint density at radius 1 is 0.652 bits per heavy atom. The van der Waals surface area contributed by atoms with Crippen LogP contribution in [0.3, 0.4) is 0 Å². The lowest BCUT2D eigenvalue weighted by Gasteiger charge is -2.40. The quantitative estimate of drug-likeness (QED) is 0.0493. The van der Waals surface area contributed by atoms with Crippen LogP contribution in [0.5, 0.6) is 0 Å². The van der Waals surface area contributed by atoms with E-state index in [1.807, 2.05) is 0 Å². The second-order valence-electron chi connectivity index (χ2n) is 12.5. The van der Waals surface area contributed by atoms with E-state index in [2.05, 4.69) is 13.8 Å². The topological polar surface area (TPSA) is 186 Å². The van der Waals surface area contributed by atoms with Crippen LogP contribution < -0.4 is 0 Å². The molecule has 0 amide bonds. The van der Waals surface area contributed by atoms with Crippen LogP contribution in [-0.2, 0) is 38.7 Å². The first kappa shape index (κ1) is 42.7. The first-order valence-corrected chi connectivity index (χ1v) is 19.2. The van der Waals surface area contributed by atoms with Crippen molar-refractivity contribution in [3.63, 3.8) is 0 Å². The molecule has 13 heteroatoms. The molecule has 0 aromatic carbocycles. The minimum Gasteiger partial charge on any atom is -0.462 e. The van der Waals surface area contributed by atoms with Gasteiger partial charge in [0.05, 0.1) is 6.61 Å². The van der Waals surface area contributed by atoms with Crippen molar-refractivity contribution in [3.05, 3.63) is 0 Å². The van der Waals surface area contributed by atoms with Crippen molar-refractivity contribution in [2.24, 2.45) is 0 Å². The fraction of sp³-hybridized carbons (Fsp3) is 0.939. The molecule has 1 heterocycles. The van der Waals surface area contributed by atoms with Gasteiger partial charge in [-0.25, -0.2) is 0 Å². The normalized spacial score (nSPS) is 22.4. The number of unbranched alkanes of at least 4 members (excludes halogenated alkanes) is 16. The number of aliphatic hydroxyl groups excluding tert-OH is 3. The zero-order valence-corrected chi connectivity index (χ0v) is 29.0. The Bertz CT molecular complexity index is 899. The highest BCUT2D eigenvalue weighted by atomic mass is 32.2.